The molecule has 4 rings (SSSR count). The van der Waals surface area contributed by atoms with Gasteiger partial charge in [-0.2, -0.15) is 0 Å². The van der Waals surface area contributed by atoms with Crippen LogP contribution in [-0.2, 0) is 25.5 Å². The van der Waals surface area contributed by atoms with Gasteiger partial charge in [0.05, 0.1) is 24.7 Å². The summed E-state index contributed by atoms with van der Waals surface area (Å²) in [4.78, 5) is 41.1. The first kappa shape index (κ1) is 17.5. The highest BCUT2D eigenvalue weighted by atomic mass is 32.2. The van der Waals surface area contributed by atoms with Gasteiger partial charge in [0, 0.05) is 17.1 Å². The number of nitrogens with one attached hydrogen (secondary N) is 1. The monoisotopic (exact) mass is 374 g/mol. The molecule has 0 radical (unpaired) electrons. The van der Waals surface area contributed by atoms with Crippen LogP contribution < -0.4 is 10.2 Å². The Balaban J connectivity index is 1.91. The molecule has 1 aromatic carbocycles. The first-order chi connectivity index (χ1) is 12.4. The van der Waals surface area contributed by atoms with Gasteiger partial charge in [-0.15, -0.1) is 11.8 Å². The summed E-state index contributed by atoms with van der Waals surface area (Å²) in [7, 11) is 0. The van der Waals surface area contributed by atoms with Crippen LogP contribution in [0, 0.1) is 5.41 Å². The molecule has 2 fully saturated rings. The standard InChI is InChI=1S/C19H22N2O4S/c1-10-9-21-14-5-4-13(26-3)6-12(14)8-19(17(21)11(2)25-10)15(22)7-16(23)20-18(19)24/h4-6,10-11,17H,7-9H2,1-3H3,(H,20,23,24)/t10-,11+,17-,19-/m1/s1. The van der Waals surface area contributed by atoms with Crippen LogP contribution in [0.2, 0.25) is 0 Å². The van der Waals surface area contributed by atoms with Crippen LogP contribution >= 0.6 is 11.8 Å². The molecule has 1 spiro atoms. The van der Waals surface area contributed by atoms with Crippen molar-refractivity contribution in [3.8, 4) is 0 Å². The van der Waals surface area contributed by atoms with Crippen LogP contribution in [0.4, 0.5) is 5.69 Å². The van der Waals surface area contributed by atoms with Crippen LogP contribution in [0.15, 0.2) is 23.1 Å². The Hall–Kier alpha value is -1.86. The Bertz CT molecular complexity index is 789. The number of amides is 2. The van der Waals surface area contributed by atoms with Gasteiger partial charge in [0.15, 0.2) is 5.78 Å². The lowest BCUT2D eigenvalue weighted by Crippen LogP contribution is -2.72. The first-order valence-corrected chi connectivity index (χ1v) is 10.1. The smallest absolute Gasteiger partial charge is 0.242 e. The highest BCUT2D eigenvalue weighted by Gasteiger charge is 2.62. The Morgan fingerprint density at radius 2 is 2.04 bits per heavy atom. The predicted molar refractivity (Wildman–Crippen MR) is 98.3 cm³/mol. The zero-order valence-corrected chi connectivity index (χ0v) is 15.9. The number of fused-ring (bicyclic) bond motifs is 4. The number of carbonyl (C=O) groups is 3. The molecule has 0 unspecified atom stereocenters. The second kappa shape index (κ2) is 6.09. The number of morpholine rings is 1. The summed E-state index contributed by atoms with van der Waals surface area (Å²) in [6.45, 7) is 4.51. The average molecular weight is 374 g/mol. The number of Topliss-reactive ketones (excluding diaryl/α,β-unsaturated/α-hetero) is 1. The number of ether oxygens (including phenoxy) is 1. The Kier molecular flexibility index (Phi) is 4.11. The second-order valence-electron chi connectivity index (χ2n) is 7.37. The third-order valence-electron chi connectivity index (χ3n) is 5.73. The van der Waals surface area contributed by atoms with E-state index in [4.69, 9.17) is 4.74 Å². The fourth-order valence-corrected chi connectivity index (χ4v) is 5.21. The molecule has 2 saturated heterocycles. The molecular formula is C19H22N2O4S. The second-order valence-corrected chi connectivity index (χ2v) is 8.25. The van der Waals surface area contributed by atoms with Gasteiger partial charge in [0.25, 0.3) is 0 Å². The fourth-order valence-electron chi connectivity index (χ4n) is 4.75. The number of thioether (sulfide) groups is 1. The minimum atomic E-state index is -1.28. The van der Waals surface area contributed by atoms with Crippen molar-refractivity contribution in [2.24, 2.45) is 5.41 Å². The van der Waals surface area contributed by atoms with Crippen LogP contribution in [0.1, 0.15) is 25.8 Å². The number of piperidine rings is 1. The summed E-state index contributed by atoms with van der Waals surface area (Å²) in [6.07, 6.45) is 1.75. The fraction of sp³-hybridized carbons (Fsp3) is 0.526. The molecule has 0 bridgehead atoms. The molecule has 2 amide bonds. The normalized spacial score (nSPS) is 33.7. The number of carbonyl (C=O) groups excluding carboxylic acids is 3. The summed E-state index contributed by atoms with van der Waals surface area (Å²) in [5, 5.41) is 2.41. The van der Waals surface area contributed by atoms with Crippen LogP contribution in [0.25, 0.3) is 0 Å². The number of hydrogen-bond acceptors (Lipinski definition) is 6. The number of hydrogen-bond donors (Lipinski definition) is 1. The van der Waals surface area contributed by atoms with Crippen LogP contribution in [0.3, 0.4) is 0 Å². The predicted octanol–water partition coefficient (Wildman–Crippen LogP) is 1.55. The van der Waals surface area contributed by atoms with Gasteiger partial charge in [-0.1, -0.05) is 0 Å². The van der Waals surface area contributed by atoms with Crippen molar-refractivity contribution in [2.45, 2.75) is 49.8 Å². The van der Waals surface area contributed by atoms with Gasteiger partial charge in [0.2, 0.25) is 11.8 Å². The minimum absolute atomic E-state index is 0.00661. The average Bonchev–Trinajstić information content (AvgIpc) is 2.58. The summed E-state index contributed by atoms with van der Waals surface area (Å²) >= 11 is 1.63. The van der Waals surface area contributed by atoms with E-state index in [9.17, 15) is 14.4 Å². The summed E-state index contributed by atoms with van der Waals surface area (Å²) in [5.41, 5.74) is 0.752. The molecule has 3 aliphatic heterocycles. The Labute approximate surface area is 156 Å². The van der Waals surface area contributed by atoms with E-state index in [1.807, 2.05) is 20.1 Å². The highest BCUT2D eigenvalue weighted by molar-refractivity contribution is 7.98. The molecule has 6 nitrogen and oxygen atoms in total. The molecule has 138 valence electrons. The maximum atomic E-state index is 13.1. The zero-order valence-electron chi connectivity index (χ0n) is 15.1. The Morgan fingerprint density at radius 3 is 2.73 bits per heavy atom. The lowest BCUT2D eigenvalue weighted by Gasteiger charge is -2.55. The quantitative estimate of drug-likeness (QED) is 0.457. The van der Waals surface area contributed by atoms with Gasteiger partial charge in [0.1, 0.15) is 5.41 Å². The number of anilines is 1. The van der Waals surface area contributed by atoms with E-state index in [0.29, 0.717) is 13.0 Å². The lowest BCUT2D eigenvalue weighted by atomic mass is 9.63. The van der Waals surface area contributed by atoms with E-state index in [1.165, 1.54) is 0 Å². The molecule has 1 aromatic rings. The summed E-state index contributed by atoms with van der Waals surface area (Å²) < 4.78 is 6.00. The van der Waals surface area contributed by atoms with E-state index in [2.05, 4.69) is 28.4 Å². The minimum Gasteiger partial charge on any atom is -0.372 e. The van der Waals surface area contributed by atoms with Crippen molar-refractivity contribution in [3.05, 3.63) is 23.8 Å². The van der Waals surface area contributed by atoms with Crippen molar-refractivity contribution in [2.75, 3.05) is 17.7 Å². The van der Waals surface area contributed by atoms with Gasteiger partial charge in [-0.05, 0) is 50.3 Å². The molecule has 3 aliphatic rings. The molecule has 7 heteroatoms. The third kappa shape index (κ3) is 2.41. The molecule has 26 heavy (non-hydrogen) atoms. The zero-order chi connectivity index (χ0) is 18.6. The van der Waals surface area contributed by atoms with Gasteiger partial charge in [-0.25, -0.2) is 0 Å². The first-order valence-electron chi connectivity index (χ1n) is 8.83. The topological polar surface area (TPSA) is 75.7 Å². The molecule has 0 aromatic heterocycles. The summed E-state index contributed by atoms with van der Waals surface area (Å²) in [6, 6.07) is 5.78. The van der Waals surface area contributed by atoms with Crippen molar-refractivity contribution in [3.63, 3.8) is 0 Å². The number of nitrogens with zero attached hydrogens (tertiary/aromatic N) is 1. The number of imide groups is 1. The van der Waals surface area contributed by atoms with E-state index in [1.54, 1.807) is 11.8 Å². The van der Waals surface area contributed by atoms with Crippen LogP contribution in [0.5, 0.6) is 0 Å². The van der Waals surface area contributed by atoms with E-state index < -0.39 is 23.3 Å². The molecule has 0 aliphatic carbocycles. The number of benzene rings is 1. The highest BCUT2D eigenvalue weighted by Crippen LogP contribution is 2.48. The van der Waals surface area contributed by atoms with Crippen molar-refractivity contribution in [1.29, 1.82) is 0 Å². The number of ketones is 1. The largest absolute Gasteiger partial charge is 0.372 e. The van der Waals surface area contributed by atoms with E-state index in [-0.39, 0.29) is 24.4 Å². The van der Waals surface area contributed by atoms with E-state index in [0.717, 1.165) is 16.1 Å². The summed E-state index contributed by atoms with van der Waals surface area (Å²) in [5.74, 6) is -1.30. The molecule has 1 N–H and O–H groups in total. The van der Waals surface area contributed by atoms with Gasteiger partial charge >= 0.3 is 0 Å². The van der Waals surface area contributed by atoms with E-state index >= 15 is 0 Å². The van der Waals surface area contributed by atoms with Crippen LogP contribution in [-0.4, -0.2) is 48.6 Å². The third-order valence-corrected chi connectivity index (χ3v) is 6.45. The molecule has 0 saturated carbocycles. The van der Waals surface area contributed by atoms with Crippen molar-refractivity contribution >= 4 is 35.0 Å². The van der Waals surface area contributed by atoms with Gasteiger partial charge < -0.3 is 9.64 Å². The molecular weight excluding hydrogens is 352 g/mol. The SMILES string of the molecule is CSc1ccc2c(c1)C[C@@]1(C(=O)CC(=O)NC1=O)[C@H]1[C@H](C)O[C@H](C)CN21. The molecule has 3 heterocycles. The van der Waals surface area contributed by atoms with Gasteiger partial charge in [-0.3, -0.25) is 19.7 Å². The molecule has 4 atom stereocenters. The maximum absolute atomic E-state index is 13.1. The van der Waals surface area contributed by atoms with Crippen molar-refractivity contribution in [1.82, 2.24) is 5.32 Å². The lowest BCUT2D eigenvalue weighted by molar-refractivity contribution is -0.158. The van der Waals surface area contributed by atoms with Crippen molar-refractivity contribution < 1.29 is 19.1 Å². The Morgan fingerprint density at radius 1 is 1.27 bits per heavy atom. The number of rotatable bonds is 1. The maximum Gasteiger partial charge on any atom is 0.242 e.